The van der Waals surface area contributed by atoms with Crippen LogP contribution in [0.2, 0.25) is 0 Å². The predicted octanol–water partition coefficient (Wildman–Crippen LogP) is 4.21. The van der Waals surface area contributed by atoms with Gasteiger partial charge in [-0.25, -0.2) is 4.79 Å². The van der Waals surface area contributed by atoms with Gasteiger partial charge in [0.15, 0.2) is 0 Å². The van der Waals surface area contributed by atoms with E-state index in [2.05, 4.69) is 36.7 Å². The molecule has 5 heteroatoms. The molecule has 0 aliphatic carbocycles. The summed E-state index contributed by atoms with van der Waals surface area (Å²) in [6.07, 6.45) is 5.82. The normalized spacial score (nSPS) is 18.3. The molecule has 2 heterocycles. The lowest BCUT2D eigenvalue weighted by Crippen LogP contribution is -2.42. The third kappa shape index (κ3) is 4.72. The van der Waals surface area contributed by atoms with E-state index in [1.165, 1.54) is 5.56 Å². The summed E-state index contributed by atoms with van der Waals surface area (Å²) in [6, 6.07) is 0.377. The number of carbonyl (C=O) groups is 1. The van der Waals surface area contributed by atoms with E-state index in [4.69, 9.17) is 4.74 Å². The molecule has 1 saturated heterocycles. The summed E-state index contributed by atoms with van der Waals surface area (Å²) in [5.74, 6) is 1.13. The lowest BCUT2D eigenvalue weighted by molar-refractivity contribution is 0.0185. The Hall–Kier alpha value is -1.52. The van der Waals surface area contributed by atoms with Crippen LogP contribution in [0.25, 0.3) is 0 Å². The second-order valence-electron chi connectivity index (χ2n) is 7.98. The number of carbonyl (C=O) groups excluding carboxylic acids is 1. The maximum absolute atomic E-state index is 12.1. The minimum atomic E-state index is -0.433. The number of aromatic nitrogens is 2. The van der Waals surface area contributed by atoms with Gasteiger partial charge in [0.2, 0.25) is 0 Å². The van der Waals surface area contributed by atoms with Crippen molar-refractivity contribution in [3.05, 3.63) is 18.0 Å². The number of hydrogen-bond donors (Lipinski definition) is 0. The fourth-order valence-electron chi connectivity index (χ4n) is 2.81. The maximum atomic E-state index is 12.1. The van der Waals surface area contributed by atoms with Gasteiger partial charge in [-0.15, -0.1) is 0 Å². The van der Waals surface area contributed by atoms with E-state index in [9.17, 15) is 4.79 Å². The van der Waals surface area contributed by atoms with Crippen molar-refractivity contribution in [2.45, 2.75) is 71.9 Å². The van der Waals surface area contributed by atoms with E-state index >= 15 is 0 Å². The summed E-state index contributed by atoms with van der Waals surface area (Å²) in [6.45, 7) is 13.9. The number of rotatable bonds is 3. The van der Waals surface area contributed by atoms with Crippen molar-refractivity contribution in [2.24, 2.45) is 5.92 Å². The van der Waals surface area contributed by atoms with Gasteiger partial charge >= 0.3 is 6.09 Å². The van der Waals surface area contributed by atoms with E-state index in [-0.39, 0.29) is 6.09 Å². The standard InChI is InChI=1S/C18H31N3O2/c1-13(2)14(3)15-11-19-21(12-15)16-7-9-20(10-8-16)17(22)23-18(4,5)6/h11-14,16H,7-10H2,1-6H3. The first-order chi connectivity index (χ1) is 10.7. The Kier molecular flexibility index (Phi) is 5.37. The van der Waals surface area contributed by atoms with Gasteiger partial charge in [0.05, 0.1) is 12.2 Å². The third-order valence-electron chi connectivity index (χ3n) is 4.64. The van der Waals surface area contributed by atoms with Crippen LogP contribution in [0.3, 0.4) is 0 Å². The summed E-state index contributed by atoms with van der Waals surface area (Å²) in [5, 5.41) is 4.55. The zero-order valence-electron chi connectivity index (χ0n) is 15.4. The van der Waals surface area contributed by atoms with Gasteiger partial charge in [-0.05, 0) is 51.0 Å². The zero-order chi connectivity index (χ0) is 17.2. The van der Waals surface area contributed by atoms with Gasteiger partial charge in [-0.2, -0.15) is 5.10 Å². The number of likely N-dealkylation sites (tertiary alicyclic amines) is 1. The van der Waals surface area contributed by atoms with Crippen molar-refractivity contribution >= 4 is 6.09 Å². The first-order valence-corrected chi connectivity index (χ1v) is 8.69. The molecule has 1 amide bonds. The van der Waals surface area contributed by atoms with Gasteiger partial charge in [0, 0.05) is 19.3 Å². The number of amides is 1. The molecule has 0 N–H and O–H groups in total. The summed E-state index contributed by atoms with van der Waals surface area (Å²) in [4.78, 5) is 13.9. The van der Waals surface area contributed by atoms with Gasteiger partial charge in [-0.3, -0.25) is 4.68 Å². The third-order valence-corrected chi connectivity index (χ3v) is 4.64. The Morgan fingerprint density at radius 3 is 2.39 bits per heavy atom. The van der Waals surface area contributed by atoms with Gasteiger partial charge in [-0.1, -0.05) is 20.8 Å². The molecule has 1 aliphatic rings. The second kappa shape index (κ2) is 6.93. The number of nitrogens with zero attached hydrogens (tertiary/aromatic N) is 3. The lowest BCUT2D eigenvalue weighted by atomic mass is 9.93. The highest BCUT2D eigenvalue weighted by Crippen LogP contribution is 2.27. The van der Waals surface area contributed by atoms with E-state index in [1.54, 1.807) is 0 Å². The van der Waals surface area contributed by atoms with Crippen molar-refractivity contribution in [1.29, 1.82) is 0 Å². The average Bonchev–Trinajstić information content (AvgIpc) is 2.94. The van der Waals surface area contributed by atoms with Crippen molar-refractivity contribution in [1.82, 2.24) is 14.7 Å². The van der Waals surface area contributed by atoms with Gasteiger partial charge < -0.3 is 9.64 Å². The molecule has 0 aromatic carbocycles. The Balaban J connectivity index is 1.91. The molecule has 5 nitrogen and oxygen atoms in total. The summed E-state index contributed by atoms with van der Waals surface area (Å²) >= 11 is 0. The fourth-order valence-corrected chi connectivity index (χ4v) is 2.81. The minimum Gasteiger partial charge on any atom is -0.444 e. The van der Waals surface area contributed by atoms with Crippen LogP contribution in [0, 0.1) is 5.92 Å². The first kappa shape index (κ1) is 17.8. The van der Waals surface area contributed by atoms with Gasteiger partial charge in [0.25, 0.3) is 0 Å². The number of hydrogen-bond acceptors (Lipinski definition) is 3. The molecule has 2 rings (SSSR count). The first-order valence-electron chi connectivity index (χ1n) is 8.69. The van der Waals surface area contributed by atoms with Crippen molar-refractivity contribution in [3.63, 3.8) is 0 Å². The Morgan fingerprint density at radius 2 is 1.87 bits per heavy atom. The van der Waals surface area contributed by atoms with E-state index in [0.717, 1.165) is 25.9 Å². The molecule has 1 unspecified atom stereocenters. The highest BCUT2D eigenvalue weighted by Gasteiger charge is 2.28. The molecule has 1 atom stereocenters. The highest BCUT2D eigenvalue weighted by atomic mass is 16.6. The number of piperidine rings is 1. The van der Waals surface area contributed by atoms with Crippen LogP contribution in [0.5, 0.6) is 0 Å². The average molecular weight is 321 g/mol. The molecule has 0 saturated carbocycles. The van der Waals surface area contributed by atoms with E-state index in [0.29, 0.717) is 17.9 Å². The minimum absolute atomic E-state index is 0.203. The largest absolute Gasteiger partial charge is 0.444 e. The van der Waals surface area contributed by atoms with Gasteiger partial charge in [0.1, 0.15) is 5.60 Å². The smallest absolute Gasteiger partial charge is 0.410 e. The summed E-state index contributed by atoms with van der Waals surface area (Å²) < 4.78 is 7.53. The topological polar surface area (TPSA) is 47.4 Å². The molecule has 1 aromatic rings. The molecule has 0 radical (unpaired) electrons. The quantitative estimate of drug-likeness (QED) is 0.837. The predicted molar refractivity (Wildman–Crippen MR) is 91.6 cm³/mol. The molecule has 0 bridgehead atoms. The molecular formula is C18H31N3O2. The summed E-state index contributed by atoms with van der Waals surface area (Å²) in [7, 11) is 0. The molecule has 1 aliphatic heterocycles. The van der Waals surface area contributed by atoms with Crippen LogP contribution in [-0.4, -0.2) is 39.5 Å². The molecule has 130 valence electrons. The van der Waals surface area contributed by atoms with Crippen LogP contribution >= 0.6 is 0 Å². The Labute approximate surface area is 140 Å². The van der Waals surface area contributed by atoms with Crippen LogP contribution in [0.1, 0.15) is 71.9 Å². The van der Waals surface area contributed by atoms with Crippen LogP contribution in [0.4, 0.5) is 4.79 Å². The molecule has 1 aromatic heterocycles. The lowest BCUT2D eigenvalue weighted by Gasteiger charge is -2.33. The molecule has 23 heavy (non-hydrogen) atoms. The van der Waals surface area contributed by atoms with Crippen LogP contribution in [-0.2, 0) is 4.74 Å². The number of ether oxygens (including phenoxy) is 1. The zero-order valence-corrected chi connectivity index (χ0v) is 15.4. The SMILES string of the molecule is CC(C)C(C)c1cnn(C2CCN(C(=O)OC(C)(C)C)CC2)c1. The highest BCUT2D eigenvalue weighted by molar-refractivity contribution is 5.68. The van der Waals surface area contributed by atoms with Crippen LogP contribution in [0.15, 0.2) is 12.4 Å². The van der Waals surface area contributed by atoms with E-state index < -0.39 is 5.60 Å². The molecule has 0 spiro atoms. The Morgan fingerprint density at radius 1 is 1.26 bits per heavy atom. The Bertz CT molecular complexity index is 523. The fraction of sp³-hybridized carbons (Fsp3) is 0.778. The molecular weight excluding hydrogens is 290 g/mol. The van der Waals surface area contributed by atoms with Crippen LogP contribution < -0.4 is 0 Å². The monoisotopic (exact) mass is 321 g/mol. The molecule has 1 fully saturated rings. The van der Waals surface area contributed by atoms with Crippen molar-refractivity contribution in [3.8, 4) is 0 Å². The summed E-state index contributed by atoms with van der Waals surface area (Å²) in [5.41, 5.74) is 0.868. The van der Waals surface area contributed by atoms with E-state index in [1.807, 2.05) is 31.9 Å². The second-order valence-corrected chi connectivity index (χ2v) is 7.98. The van der Waals surface area contributed by atoms with Crippen molar-refractivity contribution < 1.29 is 9.53 Å². The van der Waals surface area contributed by atoms with Crippen molar-refractivity contribution in [2.75, 3.05) is 13.1 Å². The maximum Gasteiger partial charge on any atom is 0.410 e.